The summed E-state index contributed by atoms with van der Waals surface area (Å²) in [7, 11) is -3.99. The Hall–Kier alpha value is -2.71. The van der Waals surface area contributed by atoms with Gasteiger partial charge in [-0.25, -0.2) is 13.8 Å². The molecule has 184 valence electrons. The molecule has 0 saturated heterocycles. The van der Waals surface area contributed by atoms with Gasteiger partial charge in [0.1, 0.15) is 0 Å². The largest absolute Gasteiger partial charge is 0.272 e. The van der Waals surface area contributed by atoms with Crippen LogP contribution in [0.3, 0.4) is 0 Å². The second-order valence-electron chi connectivity index (χ2n) is 9.02. The molecule has 0 spiro atoms. The van der Waals surface area contributed by atoms with Crippen molar-refractivity contribution >= 4 is 45.3 Å². The number of rotatable bonds is 8. The van der Waals surface area contributed by atoms with Crippen LogP contribution >= 0.6 is 23.2 Å². The summed E-state index contributed by atoms with van der Waals surface area (Å²) in [5, 5.41) is 4.93. The molecule has 0 heterocycles. The number of halogens is 2. The van der Waals surface area contributed by atoms with E-state index in [2.05, 4.69) is 31.3 Å². The van der Waals surface area contributed by atoms with Crippen LogP contribution in [0.25, 0.3) is 0 Å². The molecule has 0 unspecified atom stereocenters. The maximum Gasteiger partial charge on any atom is 0.255 e. The number of nitrogens with zero attached hydrogens (tertiary/aromatic N) is 2. The maximum atomic E-state index is 13.3. The Morgan fingerprint density at radius 2 is 1.46 bits per heavy atom. The van der Waals surface area contributed by atoms with Gasteiger partial charge in [0.05, 0.1) is 17.7 Å². The Balaban J connectivity index is 1.75. The molecule has 1 amide bonds. The van der Waals surface area contributed by atoms with Crippen LogP contribution in [0.15, 0.2) is 82.8 Å². The summed E-state index contributed by atoms with van der Waals surface area (Å²) in [5.74, 6) is -0.570. The van der Waals surface area contributed by atoms with Crippen molar-refractivity contribution in [2.24, 2.45) is 5.10 Å². The van der Waals surface area contributed by atoms with Gasteiger partial charge >= 0.3 is 0 Å². The highest BCUT2D eigenvalue weighted by molar-refractivity contribution is 7.89. The molecule has 3 aromatic rings. The molecule has 6 nitrogen and oxygen atoms in total. The fourth-order valence-corrected chi connectivity index (χ4v) is 4.85. The number of carbonyl (C=O) groups excluding carboxylic acids is 1. The molecular weight excluding hydrogens is 505 g/mol. The maximum absolute atomic E-state index is 13.3. The van der Waals surface area contributed by atoms with Gasteiger partial charge in [0.25, 0.3) is 5.91 Å². The summed E-state index contributed by atoms with van der Waals surface area (Å²) < 4.78 is 27.7. The van der Waals surface area contributed by atoms with E-state index in [1.54, 1.807) is 24.3 Å². The molecule has 35 heavy (non-hydrogen) atoms. The Labute approximate surface area is 216 Å². The Morgan fingerprint density at radius 3 is 2.00 bits per heavy atom. The molecule has 0 bridgehead atoms. The first-order valence-electron chi connectivity index (χ1n) is 10.9. The number of amides is 1. The number of sulfonamides is 1. The second kappa shape index (κ2) is 11.4. The predicted octanol–water partition coefficient (Wildman–Crippen LogP) is 5.63. The smallest absolute Gasteiger partial charge is 0.255 e. The van der Waals surface area contributed by atoms with Crippen LogP contribution < -0.4 is 5.43 Å². The third-order valence-corrected chi connectivity index (χ3v) is 7.53. The van der Waals surface area contributed by atoms with Crippen molar-refractivity contribution in [2.75, 3.05) is 6.54 Å². The lowest BCUT2D eigenvalue weighted by Crippen LogP contribution is -2.39. The van der Waals surface area contributed by atoms with Gasteiger partial charge in [0.15, 0.2) is 0 Å². The molecule has 0 aliphatic rings. The standard InChI is InChI=1S/C26H27Cl2N3O3S/c1-26(2,3)21-8-4-19(5-9-21)16-29-30-25(32)18-31(17-20-6-10-22(27)11-7-20)35(33,34)24-14-12-23(28)13-15-24/h4-16H,17-18H2,1-3H3,(H,30,32)/b29-16-. The molecular formula is C26H27Cl2N3O3S. The van der Waals surface area contributed by atoms with Crippen molar-refractivity contribution in [3.8, 4) is 0 Å². The number of nitrogens with one attached hydrogen (secondary N) is 1. The van der Waals surface area contributed by atoms with E-state index in [0.717, 1.165) is 9.87 Å². The zero-order valence-corrected chi connectivity index (χ0v) is 22.0. The summed E-state index contributed by atoms with van der Waals surface area (Å²) in [5.41, 5.74) is 5.13. The molecule has 0 saturated carbocycles. The van der Waals surface area contributed by atoms with Gasteiger partial charge < -0.3 is 0 Å². The van der Waals surface area contributed by atoms with E-state index in [-0.39, 0.29) is 16.9 Å². The molecule has 9 heteroatoms. The van der Waals surface area contributed by atoms with Gasteiger partial charge in [-0.15, -0.1) is 0 Å². The van der Waals surface area contributed by atoms with Crippen LogP contribution in [0.4, 0.5) is 0 Å². The minimum Gasteiger partial charge on any atom is -0.272 e. The quantitative estimate of drug-likeness (QED) is 0.302. The number of hydrogen-bond donors (Lipinski definition) is 1. The highest BCUT2D eigenvalue weighted by Crippen LogP contribution is 2.22. The fraction of sp³-hybridized carbons (Fsp3) is 0.231. The van der Waals surface area contributed by atoms with Crippen LogP contribution in [0.5, 0.6) is 0 Å². The van der Waals surface area contributed by atoms with Crippen molar-refractivity contribution < 1.29 is 13.2 Å². The van der Waals surface area contributed by atoms with Crippen LogP contribution in [-0.4, -0.2) is 31.4 Å². The van der Waals surface area contributed by atoms with Crippen LogP contribution in [0.1, 0.15) is 37.5 Å². The van der Waals surface area contributed by atoms with E-state index < -0.39 is 22.5 Å². The summed E-state index contributed by atoms with van der Waals surface area (Å²) in [6.07, 6.45) is 1.52. The predicted molar refractivity (Wildman–Crippen MR) is 141 cm³/mol. The van der Waals surface area contributed by atoms with Crippen molar-refractivity contribution in [1.29, 1.82) is 0 Å². The van der Waals surface area contributed by atoms with Gasteiger partial charge in [-0.05, 0) is 58.5 Å². The average Bonchev–Trinajstić information content (AvgIpc) is 2.80. The Morgan fingerprint density at radius 1 is 0.914 bits per heavy atom. The van der Waals surface area contributed by atoms with Gasteiger partial charge in [-0.1, -0.05) is 80.4 Å². The first kappa shape index (κ1) is 26.9. The van der Waals surface area contributed by atoms with E-state index in [9.17, 15) is 13.2 Å². The summed E-state index contributed by atoms with van der Waals surface area (Å²) in [6, 6.07) is 20.4. The number of hydrogen-bond acceptors (Lipinski definition) is 4. The lowest BCUT2D eigenvalue weighted by molar-refractivity contribution is -0.121. The van der Waals surface area contributed by atoms with Crippen LogP contribution in [0.2, 0.25) is 10.0 Å². The summed E-state index contributed by atoms with van der Waals surface area (Å²) >= 11 is 11.9. The zero-order chi connectivity index (χ0) is 25.6. The zero-order valence-electron chi connectivity index (χ0n) is 19.7. The second-order valence-corrected chi connectivity index (χ2v) is 11.8. The SMILES string of the molecule is CC(C)(C)c1ccc(/C=N\NC(=O)CN(Cc2ccc(Cl)cc2)S(=O)(=O)c2ccc(Cl)cc2)cc1. The minimum absolute atomic E-state index is 0.0203. The fourth-order valence-electron chi connectivity index (χ4n) is 3.22. The Kier molecular flexibility index (Phi) is 8.72. The van der Waals surface area contributed by atoms with Crippen molar-refractivity contribution in [2.45, 2.75) is 37.6 Å². The van der Waals surface area contributed by atoms with Crippen molar-refractivity contribution in [3.63, 3.8) is 0 Å². The Bertz CT molecular complexity index is 1280. The van der Waals surface area contributed by atoms with E-state index in [4.69, 9.17) is 23.2 Å². The highest BCUT2D eigenvalue weighted by Gasteiger charge is 2.27. The van der Waals surface area contributed by atoms with Gasteiger partial charge in [0.2, 0.25) is 10.0 Å². The molecule has 0 radical (unpaired) electrons. The third kappa shape index (κ3) is 7.64. The molecule has 1 N–H and O–H groups in total. The van der Waals surface area contributed by atoms with E-state index in [1.165, 1.54) is 36.0 Å². The van der Waals surface area contributed by atoms with Crippen molar-refractivity contribution in [1.82, 2.24) is 9.73 Å². The average molecular weight is 532 g/mol. The summed E-state index contributed by atoms with van der Waals surface area (Å²) in [4.78, 5) is 12.7. The van der Waals surface area contributed by atoms with E-state index >= 15 is 0 Å². The van der Waals surface area contributed by atoms with Gasteiger partial charge in [-0.3, -0.25) is 4.79 Å². The van der Waals surface area contributed by atoms with E-state index in [1.807, 2.05) is 24.3 Å². The lowest BCUT2D eigenvalue weighted by atomic mass is 9.87. The molecule has 0 aliphatic carbocycles. The molecule has 3 aromatic carbocycles. The molecule has 0 aliphatic heterocycles. The highest BCUT2D eigenvalue weighted by atomic mass is 35.5. The minimum atomic E-state index is -3.99. The van der Waals surface area contributed by atoms with Crippen molar-refractivity contribution in [3.05, 3.63) is 99.5 Å². The first-order chi connectivity index (χ1) is 16.4. The third-order valence-electron chi connectivity index (χ3n) is 5.22. The molecule has 0 aromatic heterocycles. The summed E-state index contributed by atoms with van der Waals surface area (Å²) in [6.45, 7) is 5.94. The first-order valence-corrected chi connectivity index (χ1v) is 13.1. The van der Waals surface area contributed by atoms with Gasteiger partial charge in [-0.2, -0.15) is 9.41 Å². The molecule has 3 rings (SSSR count). The molecule has 0 fully saturated rings. The lowest BCUT2D eigenvalue weighted by Gasteiger charge is -2.21. The number of benzene rings is 3. The monoisotopic (exact) mass is 531 g/mol. The number of carbonyl (C=O) groups is 1. The van der Waals surface area contributed by atoms with E-state index in [0.29, 0.717) is 15.6 Å². The number of hydrazone groups is 1. The van der Waals surface area contributed by atoms with Crippen LogP contribution in [-0.2, 0) is 26.8 Å². The topological polar surface area (TPSA) is 78.8 Å². The van der Waals surface area contributed by atoms with Gasteiger partial charge in [0, 0.05) is 16.6 Å². The molecule has 0 atom stereocenters. The normalized spacial score (nSPS) is 12.3. The van der Waals surface area contributed by atoms with Crippen LogP contribution in [0, 0.1) is 0 Å².